The lowest BCUT2D eigenvalue weighted by molar-refractivity contribution is 0.670. The van der Waals surface area contributed by atoms with Gasteiger partial charge in [-0.1, -0.05) is 13.8 Å². The fourth-order valence-corrected chi connectivity index (χ4v) is 2.17. The Labute approximate surface area is 122 Å². The molecule has 1 aromatic carbocycles. The third-order valence-corrected chi connectivity index (χ3v) is 3.63. The molecule has 0 aliphatic carbocycles. The number of hydrogen-bond donors (Lipinski definition) is 2. The summed E-state index contributed by atoms with van der Waals surface area (Å²) in [6.07, 6.45) is 3.32. The van der Waals surface area contributed by atoms with E-state index in [0.717, 1.165) is 12.8 Å². The van der Waals surface area contributed by atoms with E-state index in [2.05, 4.69) is 10.6 Å². The summed E-state index contributed by atoms with van der Waals surface area (Å²) >= 11 is 0. The SMILES string of the molecule is CCC(CC)Nc1c(Nc2cccn(C)c2=O)c(=O)c1=O. The minimum Gasteiger partial charge on any atom is -0.377 e. The minimum atomic E-state index is -0.589. The van der Waals surface area contributed by atoms with Crippen molar-refractivity contribution in [1.29, 1.82) is 0 Å². The van der Waals surface area contributed by atoms with Gasteiger partial charge in [0.15, 0.2) is 0 Å². The van der Waals surface area contributed by atoms with Gasteiger partial charge >= 0.3 is 0 Å². The second-order valence-corrected chi connectivity index (χ2v) is 5.03. The summed E-state index contributed by atoms with van der Waals surface area (Å²) in [4.78, 5) is 35.3. The number of nitrogens with zero attached hydrogens (tertiary/aromatic N) is 1. The van der Waals surface area contributed by atoms with E-state index >= 15 is 0 Å². The zero-order valence-electron chi connectivity index (χ0n) is 12.4. The lowest BCUT2D eigenvalue weighted by Gasteiger charge is -2.20. The van der Waals surface area contributed by atoms with Crippen molar-refractivity contribution in [2.75, 3.05) is 10.6 Å². The molecule has 0 aliphatic heterocycles. The van der Waals surface area contributed by atoms with Gasteiger partial charge in [-0.15, -0.1) is 0 Å². The van der Waals surface area contributed by atoms with E-state index in [1.54, 1.807) is 25.4 Å². The number of aryl methyl sites for hydroxylation is 1. The van der Waals surface area contributed by atoms with Crippen LogP contribution in [0.25, 0.3) is 0 Å². The maximum Gasteiger partial charge on any atom is 0.273 e. The number of hydrogen-bond acceptors (Lipinski definition) is 5. The smallest absolute Gasteiger partial charge is 0.273 e. The van der Waals surface area contributed by atoms with Gasteiger partial charge in [-0.25, -0.2) is 0 Å². The van der Waals surface area contributed by atoms with Crippen LogP contribution in [0.5, 0.6) is 0 Å². The monoisotopic (exact) mass is 289 g/mol. The molecule has 2 N–H and O–H groups in total. The molecule has 0 aliphatic rings. The molecular weight excluding hydrogens is 270 g/mol. The van der Waals surface area contributed by atoms with E-state index < -0.39 is 10.9 Å². The summed E-state index contributed by atoms with van der Waals surface area (Å²) in [7, 11) is 1.62. The fourth-order valence-electron chi connectivity index (χ4n) is 2.17. The first kappa shape index (κ1) is 15.0. The van der Waals surface area contributed by atoms with Gasteiger partial charge in [0, 0.05) is 19.3 Å². The minimum absolute atomic E-state index is 0.132. The van der Waals surface area contributed by atoms with Crippen LogP contribution in [0.15, 0.2) is 32.7 Å². The predicted molar refractivity (Wildman–Crippen MR) is 84.3 cm³/mol. The van der Waals surface area contributed by atoms with Crippen LogP contribution in [0.1, 0.15) is 26.7 Å². The van der Waals surface area contributed by atoms with Gasteiger partial charge < -0.3 is 15.2 Å². The molecule has 112 valence electrons. The van der Waals surface area contributed by atoms with Gasteiger partial charge in [-0.3, -0.25) is 14.4 Å². The second kappa shape index (κ2) is 5.95. The Morgan fingerprint density at radius 2 is 1.71 bits per heavy atom. The highest BCUT2D eigenvalue weighted by molar-refractivity contribution is 5.78. The van der Waals surface area contributed by atoms with Crippen molar-refractivity contribution in [1.82, 2.24) is 4.57 Å². The maximum absolute atomic E-state index is 11.9. The van der Waals surface area contributed by atoms with Gasteiger partial charge in [-0.05, 0) is 25.0 Å². The Balaban J connectivity index is 2.32. The van der Waals surface area contributed by atoms with E-state index in [9.17, 15) is 14.4 Å². The molecule has 1 aromatic heterocycles. The molecule has 0 unspecified atom stereocenters. The number of anilines is 3. The summed E-state index contributed by atoms with van der Waals surface area (Å²) in [5.41, 5.74) is -0.639. The van der Waals surface area contributed by atoms with Crippen molar-refractivity contribution < 1.29 is 0 Å². The number of pyridine rings is 1. The summed E-state index contributed by atoms with van der Waals surface area (Å²) in [6.45, 7) is 4.01. The first-order valence-corrected chi connectivity index (χ1v) is 7.02. The van der Waals surface area contributed by atoms with Gasteiger partial charge in [-0.2, -0.15) is 0 Å². The van der Waals surface area contributed by atoms with Crippen LogP contribution >= 0.6 is 0 Å². The van der Waals surface area contributed by atoms with Crippen LogP contribution in [0.2, 0.25) is 0 Å². The van der Waals surface area contributed by atoms with E-state index in [0.29, 0.717) is 0 Å². The maximum atomic E-state index is 11.9. The molecule has 6 nitrogen and oxygen atoms in total. The summed E-state index contributed by atoms with van der Waals surface area (Å²) in [5, 5.41) is 5.86. The Morgan fingerprint density at radius 3 is 2.33 bits per heavy atom. The molecule has 6 heteroatoms. The average Bonchev–Trinajstić information content (AvgIpc) is 2.50. The van der Waals surface area contributed by atoms with E-state index in [1.165, 1.54) is 4.57 Å². The molecule has 0 atom stereocenters. The van der Waals surface area contributed by atoms with Crippen molar-refractivity contribution in [3.05, 3.63) is 49.1 Å². The summed E-state index contributed by atoms with van der Waals surface area (Å²) in [6, 6.07) is 3.41. The van der Waals surface area contributed by atoms with E-state index in [4.69, 9.17) is 0 Å². The quantitative estimate of drug-likeness (QED) is 0.784. The number of aromatic nitrogens is 1. The summed E-state index contributed by atoms with van der Waals surface area (Å²) < 4.78 is 1.40. The number of rotatable bonds is 6. The molecule has 0 bridgehead atoms. The third kappa shape index (κ3) is 2.74. The lowest BCUT2D eigenvalue weighted by atomic mass is 10.1. The predicted octanol–water partition coefficient (Wildman–Crippen LogP) is 1.33. The van der Waals surface area contributed by atoms with Crippen LogP contribution in [0.4, 0.5) is 17.1 Å². The molecule has 0 amide bonds. The fraction of sp³-hybridized carbons (Fsp3) is 0.400. The Bertz CT molecular complexity index is 765. The molecule has 1 heterocycles. The Morgan fingerprint density at radius 1 is 1.10 bits per heavy atom. The molecule has 0 fully saturated rings. The summed E-state index contributed by atoms with van der Waals surface area (Å²) in [5.74, 6) is 0. The van der Waals surface area contributed by atoms with Crippen molar-refractivity contribution in [3.63, 3.8) is 0 Å². The van der Waals surface area contributed by atoms with Crippen LogP contribution in [0.3, 0.4) is 0 Å². The van der Waals surface area contributed by atoms with Gasteiger partial charge in [0.2, 0.25) is 0 Å². The molecule has 0 radical (unpaired) electrons. The molecule has 2 rings (SSSR count). The van der Waals surface area contributed by atoms with E-state index in [1.807, 2.05) is 13.8 Å². The van der Waals surface area contributed by atoms with Crippen molar-refractivity contribution in [2.24, 2.45) is 7.05 Å². The Hall–Kier alpha value is -2.37. The van der Waals surface area contributed by atoms with Gasteiger partial charge in [0.25, 0.3) is 16.4 Å². The van der Waals surface area contributed by atoms with Crippen LogP contribution in [-0.4, -0.2) is 10.6 Å². The van der Waals surface area contributed by atoms with Crippen molar-refractivity contribution in [2.45, 2.75) is 32.7 Å². The highest BCUT2D eigenvalue weighted by Gasteiger charge is 2.23. The van der Waals surface area contributed by atoms with E-state index in [-0.39, 0.29) is 28.7 Å². The highest BCUT2D eigenvalue weighted by atomic mass is 16.2. The molecule has 0 spiro atoms. The molecule has 0 saturated carbocycles. The molecule has 2 aromatic rings. The highest BCUT2D eigenvalue weighted by Crippen LogP contribution is 2.20. The van der Waals surface area contributed by atoms with Crippen LogP contribution < -0.4 is 27.1 Å². The normalized spacial score (nSPS) is 11.0. The number of nitrogens with one attached hydrogen (secondary N) is 2. The third-order valence-electron chi connectivity index (χ3n) is 3.63. The lowest BCUT2D eigenvalue weighted by Crippen LogP contribution is -2.39. The topological polar surface area (TPSA) is 80.2 Å². The average molecular weight is 289 g/mol. The largest absolute Gasteiger partial charge is 0.377 e. The molecule has 0 saturated heterocycles. The van der Waals surface area contributed by atoms with Gasteiger partial charge in [0.05, 0.1) is 0 Å². The van der Waals surface area contributed by atoms with Crippen molar-refractivity contribution in [3.8, 4) is 0 Å². The molecule has 21 heavy (non-hydrogen) atoms. The van der Waals surface area contributed by atoms with Crippen LogP contribution in [0, 0.1) is 0 Å². The first-order valence-electron chi connectivity index (χ1n) is 7.02. The van der Waals surface area contributed by atoms with Gasteiger partial charge in [0.1, 0.15) is 17.1 Å². The van der Waals surface area contributed by atoms with Crippen LogP contribution in [-0.2, 0) is 7.05 Å². The Kier molecular flexibility index (Phi) is 4.26. The van der Waals surface area contributed by atoms with Crippen molar-refractivity contribution >= 4 is 17.1 Å². The second-order valence-electron chi connectivity index (χ2n) is 5.03. The zero-order chi connectivity index (χ0) is 15.6. The standard InChI is InChI=1S/C15H19N3O3/c1-4-9(5-2)16-11-12(14(20)13(11)19)17-10-7-6-8-18(3)15(10)21/h6-9,16-17H,4-5H2,1-3H3. The zero-order valence-corrected chi connectivity index (χ0v) is 12.4. The first-order chi connectivity index (χ1) is 9.99. The molecular formula is C15H19N3O3.